The van der Waals surface area contributed by atoms with Crippen molar-refractivity contribution in [2.45, 2.75) is 26.2 Å². The quantitative estimate of drug-likeness (QED) is 0.0885. The lowest BCUT2D eigenvalue weighted by atomic mass is 10.1. The van der Waals surface area contributed by atoms with Crippen LogP contribution >= 0.6 is 0 Å². The van der Waals surface area contributed by atoms with Gasteiger partial charge in [-0.15, -0.1) is 0 Å². The minimum absolute atomic E-state index is 0.271. The third-order valence-electron chi connectivity index (χ3n) is 9.24. The zero-order valence-electron chi connectivity index (χ0n) is 31.1. The maximum absolute atomic E-state index is 13.9. The van der Waals surface area contributed by atoms with Crippen LogP contribution in [0.1, 0.15) is 35.2 Å². The van der Waals surface area contributed by atoms with Crippen molar-refractivity contribution in [3.63, 3.8) is 0 Å². The Morgan fingerprint density at radius 2 is 1.77 bits per heavy atom. The molecule has 0 radical (unpaired) electrons. The number of hydrogen-bond acceptors (Lipinski definition) is 10. The molecule has 3 aromatic carbocycles. The number of nitrogens with one attached hydrogen (secondary N) is 2. The molecular weight excluding hydrogens is 660 g/mol. The van der Waals surface area contributed by atoms with Crippen LogP contribution in [0.2, 0.25) is 0 Å². The number of unbranched alkanes of at least 4 members (excludes halogenated alkanes) is 1. The van der Waals surface area contributed by atoms with Crippen LogP contribution in [-0.2, 0) is 9.59 Å². The number of carbonyl (C=O) groups excluding carboxylic acids is 3. The Morgan fingerprint density at radius 1 is 1.00 bits per heavy atom. The third-order valence-corrected chi connectivity index (χ3v) is 9.24. The maximum Gasteiger partial charge on any atom is 0.258 e. The first-order valence-electron chi connectivity index (χ1n) is 17.6. The highest BCUT2D eigenvalue weighted by Crippen LogP contribution is 2.38. The van der Waals surface area contributed by atoms with Gasteiger partial charge in [0.05, 0.1) is 42.0 Å². The molecule has 1 aliphatic rings. The predicted octanol–water partition coefficient (Wildman–Crippen LogP) is 4.94. The first-order chi connectivity index (χ1) is 25.1. The van der Waals surface area contributed by atoms with Gasteiger partial charge >= 0.3 is 0 Å². The predicted molar refractivity (Wildman–Crippen MR) is 206 cm³/mol. The van der Waals surface area contributed by atoms with Crippen molar-refractivity contribution in [2.24, 2.45) is 0 Å². The van der Waals surface area contributed by atoms with Gasteiger partial charge in [-0.05, 0) is 95.4 Å². The fourth-order valence-corrected chi connectivity index (χ4v) is 6.19. The zero-order chi connectivity index (χ0) is 37.2. The van der Waals surface area contributed by atoms with E-state index in [9.17, 15) is 14.4 Å². The lowest BCUT2D eigenvalue weighted by Gasteiger charge is -2.34. The number of nitrogens with zero attached hydrogens (tertiary/aromatic N) is 6. The Morgan fingerprint density at radius 3 is 2.48 bits per heavy atom. The average Bonchev–Trinajstić information content (AvgIpc) is 3.57. The van der Waals surface area contributed by atoms with Gasteiger partial charge in [-0.1, -0.05) is 12.1 Å². The van der Waals surface area contributed by atoms with Crippen molar-refractivity contribution in [2.75, 3.05) is 96.3 Å². The number of imidazole rings is 1. The molecule has 0 spiro atoms. The van der Waals surface area contributed by atoms with Gasteiger partial charge in [0, 0.05) is 51.9 Å². The van der Waals surface area contributed by atoms with E-state index in [4.69, 9.17) is 14.5 Å². The summed E-state index contributed by atoms with van der Waals surface area (Å²) in [7, 11) is 9.31. The van der Waals surface area contributed by atoms with Gasteiger partial charge in [-0.25, -0.2) is 9.78 Å². The number of para-hydroxylation sites is 1. The minimum Gasteiger partial charge on any atom is -0.495 e. The molecule has 1 aromatic heterocycles. The molecule has 0 atom stereocenters. The van der Waals surface area contributed by atoms with Gasteiger partial charge < -0.3 is 39.4 Å². The molecule has 0 aliphatic carbocycles. The minimum atomic E-state index is -0.271. The number of aromatic nitrogens is 2. The molecule has 0 unspecified atom stereocenters. The lowest BCUT2D eigenvalue weighted by Crippen LogP contribution is -2.44. The van der Waals surface area contributed by atoms with E-state index >= 15 is 0 Å². The molecule has 5 rings (SSSR count). The molecule has 2 N–H and O–H groups in total. The monoisotopic (exact) mass is 710 g/mol. The van der Waals surface area contributed by atoms with Crippen LogP contribution in [0, 0.1) is 6.92 Å². The van der Waals surface area contributed by atoms with Gasteiger partial charge in [0.15, 0.2) is 0 Å². The van der Waals surface area contributed by atoms with Crippen LogP contribution in [0.4, 0.5) is 23.0 Å². The number of anilines is 4. The van der Waals surface area contributed by atoms with Crippen molar-refractivity contribution in [1.82, 2.24) is 24.7 Å². The molecule has 2 amide bonds. The summed E-state index contributed by atoms with van der Waals surface area (Å²) in [5.74, 6) is 3.44. The molecule has 1 fully saturated rings. The summed E-state index contributed by atoms with van der Waals surface area (Å²) in [6.07, 6.45) is 2.91. The molecule has 2 heterocycles. The van der Waals surface area contributed by atoms with E-state index in [0.29, 0.717) is 71.6 Å². The number of aromatic amines is 1. The highest BCUT2D eigenvalue weighted by molar-refractivity contribution is 6.08. The highest BCUT2D eigenvalue weighted by Gasteiger charge is 2.23. The Kier molecular flexibility index (Phi) is 12.9. The van der Waals surface area contributed by atoms with Crippen molar-refractivity contribution in [3.05, 3.63) is 71.4 Å². The fraction of sp³-hybridized carbons (Fsp3) is 0.410. The first-order valence-corrected chi connectivity index (χ1v) is 17.6. The molecule has 1 aliphatic heterocycles. The van der Waals surface area contributed by atoms with Crippen LogP contribution in [0.5, 0.6) is 11.5 Å². The average molecular weight is 711 g/mol. The lowest BCUT2D eigenvalue weighted by molar-refractivity contribution is -0.106. The number of benzene rings is 3. The van der Waals surface area contributed by atoms with Crippen molar-refractivity contribution in [1.29, 1.82) is 0 Å². The Balaban J connectivity index is 1.28. The van der Waals surface area contributed by atoms with E-state index in [1.807, 2.05) is 57.4 Å². The molecule has 276 valence electrons. The molecule has 1 saturated heterocycles. The number of aryl methyl sites for hydroxylation is 1. The topological polar surface area (TPSA) is 127 Å². The number of amides is 2. The molecule has 4 aromatic rings. The zero-order valence-corrected chi connectivity index (χ0v) is 31.1. The fourth-order valence-electron chi connectivity index (χ4n) is 6.19. The number of piperazine rings is 1. The largest absolute Gasteiger partial charge is 0.495 e. The number of allylic oxidation sites excluding steroid dienone is 1. The Bertz CT molecular complexity index is 1890. The number of ether oxygens (including phenoxy) is 2. The molecule has 0 saturated carbocycles. The van der Waals surface area contributed by atoms with Gasteiger partial charge in [0.1, 0.15) is 23.0 Å². The molecule has 0 bridgehead atoms. The second-order valence-corrected chi connectivity index (χ2v) is 13.3. The number of carbonyl (C=O) groups is 2. The molecule has 13 nitrogen and oxygen atoms in total. The molecular formula is C39H50N8O5. The number of likely N-dealkylation sites (N-methyl/N-ethyl adjacent to an activating group) is 2. The number of H-pyrrole nitrogens is 1. The van der Waals surface area contributed by atoms with E-state index in [-0.39, 0.29) is 5.91 Å². The van der Waals surface area contributed by atoms with Crippen LogP contribution in [-0.4, -0.2) is 124 Å². The molecule has 52 heavy (non-hydrogen) atoms. The van der Waals surface area contributed by atoms with E-state index in [1.165, 1.54) is 12.0 Å². The second-order valence-electron chi connectivity index (χ2n) is 13.3. The summed E-state index contributed by atoms with van der Waals surface area (Å²) in [6, 6.07) is 16.3. The van der Waals surface area contributed by atoms with Gasteiger partial charge in [0.25, 0.3) is 5.91 Å². The number of fused-ring (bicyclic) bond motifs is 1. The van der Waals surface area contributed by atoms with Gasteiger partial charge in [0.2, 0.25) is 12.4 Å². The van der Waals surface area contributed by atoms with Crippen LogP contribution in [0.15, 0.2) is 60.3 Å². The Hall–Kier alpha value is -5.36. The number of rotatable bonds is 17. The smallest absolute Gasteiger partial charge is 0.258 e. The third kappa shape index (κ3) is 9.10. The standard InChI is InChI=1S/C39H50N8O5/c1-28-13-15-32(36(24-28)52-23-8-7-10-30(26-48)46-21-19-44(4)20-22-46)45(5)38(50)29-14-16-33(35(25-29)51-6)47(27-49)34-12-9-11-31-37(34)42-39(41-31)40-17-18-43(2)3/h9,11-16,24-25,27H,7-8,10,17-23H2,1-6H3,(H2,40,41,42). The highest BCUT2D eigenvalue weighted by atomic mass is 16.5. The van der Waals surface area contributed by atoms with Crippen molar-refractivity contribution < 1.29 is 23.9 Å². The van der Waals surface area contributed by atoms with Gasteiger partial charge in [-0.3, -0.25) is 14.5 Å². The maximum atomic E-state index is 13.9. The Labute approximate surface area is 305 Å². The van der Waals surface area contributed by atoms with Gasteiger partial charge in [-0.2, -0.15) is 0 Å². The van der Waals surface area contributed by atoms with E-state index in [0.717, 1.165) is 62.3 Å². The van der Waals surface area contributed by atoms with E-state index in [1.54, 1.807) is 30.1 Å². The van der Waals surface area contributed by atoms with E-state index < -0.39 is 0 Å². The number of hydrogen-bond donors (Lipinski definition) is 2. The first kappa shape index (κ1) is 37.9. The van der Waals surface area contributed by atoms with Crippen molar-refractivity contribution in [3.8, 4) is 11.5 Å². The number of methoxy groups -OCH3 is 1. The van der Waals surface area contributed by atoms with Crippen molar-refractivity contribution >= 4 is 52.3 Å². The van der Waals surface area contributed by atoms with Crippen LogP contribution in [0.3, 0.4) is 0 Å². The molecule has 13 heteroatoms. The van der Waals surface area contributed by atoms with E-state index in [2.05, 4.69) is 38.0 Å². The summed E-state index contributed by atoms with van der Waals surface area (Å²) in [6.45, 7) is 7.50. The van der Waals surface area contributed by atoms with Crippen LogP contribution in [0.25, 0.3) is 11.0 Å². The summed E-state index contributed by atoms with van der Waals surface area (Å²) >= 11 is 0. The summed E-state index contributed by atoms with van der Waals surface area (Å²) in [5, 5.41) is 3.29. The SMILES string of the molecule is COc1cc(C(=O)N(C)c2ccc(C)cc2OCCCCC(=C=O)N2CCN(C)CC2)ccc1N(C=O)c1cccc2[nH]c(NCCN(C)C)nc12. The normalized spacial score (nSPS) is 13.2. The van der Waals surface area contributed by atoms with Crippen LogP contribution < -0.4 is 24.6 Å². The summed E-state index contributed by atoms with van der Waals surface area (Å²) < 4.78 is 12.0. The summed E-state index contributed by atoms with van der Waals surface area (Å²) in [4.78, 5) is 55.6. The second kappa shape index (κ2) is 17.7. The summed E-state index contributed by atoms with van der Waals surface area (Å²) in [5.41, 5.74) is 5.15.